The number of imidazole rings is 1. The molecule has 0 saturated heterocycles. The van der Waals surface area contributed by atoms with E-state index in [2.05, 4.69) is 15.9 Å². The Labute approximate surface area is 166 Å². The van der Waals surface area contributed by atoms with Crippen LogP contribution in [0.2, 0.25) is 0 Å². The maximum atomic E-state index is 13.8. The summed E-state index contributed by atoms with van der Waals surface area (Å²) in [4.78, 5) is 17.4. The zero-order chi connectivity index (χ0) is 19.8. The van der Waals surface area contributed by atoms with E-state index in [-0.39, 0.29) is 23.5 Å². The summed E-state index contributed by atoms with van der Waals surface area (Å²) in [5.41, 5.74) is 2.24. The molecule has 0 aliphatic heterocycles. The number of ether oxygens (including phenoxy) is 1. The van der Waals surface area contributed by atoms with Gasteiger partial charge < -0.3 is 9.30 Å². The molecule has 0 spiro atoms. The monoisotopic (exact) mass is 432 g/mol. The highest BCUT2D eigenvalue weighted by atomic mass is 79.9. The predicted octanol–water partition coefficient (Wildman–Crippen LogP) is 5.62. The Hall–Kier alpha value is -2.21. The van der Waals surface area contributed by atoms with Gasteiger partial charge in [-0.1, -0.05) is 36.7 Å². The van der Waals surface area contributed by atoms with Crippen molar-refractivity contribution in [2.45, 2.75) is 33.7 Å². The molecule has 1 heterocycles. The SMILES string of the molecule is COc1cc(-c2nc3cc(Br)ccc3n2CC(=O)CC(C)(C)C)ccc1F. The van der Waals surface area contributed by atoms with Crippen LogP contribution >= 0.6 is 15.9 Å². The number of ketones is 1. The molecule has 0 unspecified atom stereocenters. The summed E-state index contributed by atoms with van der Waals surface area (Å²) >= 11 is 3.46. The van der Waals surface area contributed by atoms with Crippen molar-refractivity contribution in [3.8, 4) is 17.1 Å². The quantitative estimate of drug-likeness (QED) is 0.525. The van der Waals surface area contributed by atoms with Crippen molar-refractivity contribution >= 4 is 32.7 Å². The molecule has 2 aromatic carbocycles. The number of carbonyl (C=O) groups is 1. The first-order chi connectivity index (χ1) is 12.7. The second-order valence-electron chi connectivity index (χ2n) is 7.78. The molecule has 142 valence electrons. The van der Waals surface area contributed by atoms with Gasteiger partial charge in [-0.05, 0) is 41.8 Å². The third-order valence-corrected chi connectivity index (χ3v) is 4.67. The lowest BCUT2D eigenvalue weighted by atomic mass is 9.90. The molecule has 0 atom stereocenters. The fourth-order valence-corrected chi connectivity index (χ4v) is 3.46. The molecule has 0 aliphatic carbocycles. The van der Waals surface area contributed by atoms with E-state index in [0.29, 0.717) is 17.8 Å². The molecular weight excluding hydrogens is 411 g/mol. The number of hydrogen-bond acceptors (Lipinski definition) is 3. The summed E-state index contributed by atoms with van der Waals surface area (Å²) in [6.07, 6.45) is 0.468. The first-order valence-electron chi connectivity index (χ1n) is 8.69. The number of carbonyl (C=O) groups excluding carboxylic acids is 1. The Bertz CT molecular complexity index is 1010. The van der Waals surface area contributed by atoms with Crippen molar-refractivity contribution in [1.29, 1.82) is 0 Å². The number of hydrogen-bond donors (Lipinski definition) is 0. The zero-order valence-electron chi connectivity index (χ0n) is 15.8. The standard InChI is InChI=1S/C21H22BrFN2O2/c1-21(2,3)11-15(26)12-25-18-8-6-14(22)10-17(18)24-20(25)13-5-7-16(23)19(9-13)27-4/h5-10H,11-12H2,1-4H3. The lowest BCUT2D eigenvalue weighted by Crippen LogP contribution is -2.18. The highest BCUT2D eigenvalue weighted by molar-refractivity contribution is 9.10. The summed E-state index contributed by atoms with van der Waals surface area (Å²) < 4.78 is 21.7. The van der Waals surface area contributed by atoms with Gasteiger partial charge in [0.2, 0.25) is 0 Å². The number of rotatable bonds is 5. The van der Waals surface area contributed by atoms with Crippen LogP contribution in [-0.4, -0.2) is 22.4 Å². The number of nitrogens with zero attached hydrogens (tertiary/aromatic N) is 2. The van der Waals surface area contributed by atoms with Gasteiger partial charge >= 0.3 is 0 Å². The van der Waals surface area contributed by atoms with E-state index < -0.39 is 5.82 Å². The van der Waals surface area contributed by atoms with Crippen molar-refractivity contribution in [3.63, 3.8) is 0 Å². The van der Waals surface area contributed by atoms with Gasteiger partial charge in [0.1, 0.15) is 5.82 Å². The normalized spacial score (nSPS) is 11.8. The number of benzene rings is 2. The van der Waals surface area contributed by atoms with Crippen LogP contribution in [0.5, 0.6) is 5.75 Å². The van der Waals surface area contributed by atoms with Crippen molar-refractivity contribution in [1.82, 2.24) is 9.55 Å². The van der Waals surface area contributed by atoms with Crippen molar-refractivity contribution in [3.05, 3.63) is 46.7 Å². The van der Waals surface area contributed by atoms with Gasteiger partial charge in [-0.2, -0.15) is 0 Å². The molecule has 4 nitrogen and oxygen atoms in total. The Kier molecular flexibility index (Phi) is 5.38. The number of fused-ring (bicyclic) bond motifs is 1. The maximum Gasteiger partial charge on any atom is 0.165 e. The van der Waals surface area contributed by atoms with Crippen LogP contribution in [0.1, 0.15) is 27.2 Å². The average Bonchev–Trinajstić information content (AvgIpc) is 2.91. The minimum Gasteiger partial charge on any atom is -0.494 e. The van der Waals surface area contributed by atoms with Crippen LogP contribution in [0.3, 0.4) is 0 Å². The molecule has 3 aromatic rings. The molecule has 0 saturated carbocycles. The van der Waals surface area contributed by atoms with Gasteiger partial charge in [-0.3, -0.25) is 4.79 Å². The largest absolute Gasteiger partial charge is 0.494 e. The molecule has 0 aliphatic rings. The third kappa shape index (κ3) is 4.38. The summed E-state index contributed by atoms with van der Waals surface area (Å²) in [6, 6.07) is 10.4. The lowest BCUT2D eigenvalue weighted by molar-refractivity contribution is -0.121. The molecule has 0 N–H and O–H groups in total. The van der Waals surface area contributed by atoms with Crippen molar-refractivity contribution in [2.75, 3.05) is 7.11 Å². The molecule has 0 fully saturated rings. The second kappa shape index (κ2) is 7.43. The number of aromatic nitrogens is 2. The Morgan fingerprint density at radius 3 is 2.63 bits per heavy atom. The summed E-state index contributed by atoms with van der Waals surface area (Å²) in [5, 5.41) is 0. The smallest absolute Gasteiger partial charge is 0.165 e. The molecule has 0 radical (unpaired) electrons. The Balaban J connectivity index is 2.12. The molecule has 1 aromatic heterocycles. The van der Waals surface area contributed by atoms with Gasteiger partial charge in [-0.15, -0.1) is 0 Å². The van der Waals surface area contributed by atoms with E-state index in [0.717, 1.165) is 15.5 Å². The maximum absolute atomic E-state index is 13.8. The van der Waals surface area contributed by atoms with Crippen molar-refractivity contribution in [2.24, 2.45) is 5.41 Å². The minimum atomic E-state index is -0.435. The Morgan fingerprint density at radius 2 is 1.96 bits per heavy atom. The van der Waals surface area contributed by atoms with Crippen LogP contribution in [0.4, 0.5) is 4.39 Å². The van der Waals surface area contributed by atoms with Gasteiger partial charge in [0.05, 0.1) is 24.7 Å². The molecule has 27 heavy (non-hydrogen) atoms. The van der Waals surface area contributed by atoms with E-state index in [4.69, 9.17) is 9.72 Å². The predicted molar refractivity (Wildman–Crippen MR) is 108 cm³/mol. The first-order valence-corrected chi connectivity index (χ1v) is 9.48. The molecular formula is C21H22BrFN2O2. The summed E-state index contributed by atoms with van der Waals surface area (Å²) in [7, 11) is 1.43. The zero-order valence-corrected chi connectivity index (χ0v) is 17.4. The molecule has 3 rings (SSSR count). The fourth-order valence-electron chi connectivity index (χ4n) is 3.11. The Morgan fingerprint density at radius 1 is 1.22 bits per heavy atom. The highest BCUT2D eigenvalue weighted by Crippen LogP contribution is 2.31. The number of halogens is 2. The first kappa shape index (κ1) is 19.5. The minimum absolute atomic E-state index is 0.0875. The highest BCUT2D eigenvalue weighted by Gasteiger charge is 2.20. The van der Waals surface area contributed by atoms with Crippen molar-refractivity contribution < 1.29 is 13.9 Å². The number of Topliss-reactive ketones (excluding diaryl/α,β-unsaturated/α-hetero) is 1. The number of methoxy groups -OCH3 is 1. The van der Waals surface area contributed by atoms with E-state index in [9.17, 15) is 9.18 Å². The third-order valence-electron chi connectivity index (χ3n) is 4.18. The molecule has 0 bridgehead atoms. The summed E-state index contributed by atoms with van der Waals surface area (Å²) in [5.74, 6) is 0.451. The second-order valence-corrected chi connectivity index (χ2v) is 8.70. The van der Waals surface area contributed by atoms with E-state index in [1.54, 1.807) is 12.1 Å². The van der Waals surface area contributed by atoms with Gasteiger partial charge in [-0.25, -0.2) is 9.37 Å². The van der Waals surface area contributed by atoms with E-state index in [1.807, 2.05) is 43.5 Å². The summed E-state index contributed by atoms with van der Waals surface area (Å²) in [6.45, 7) is 6.34. The van der Waals surface area contributed by atoms with E-state index in [1.165, 1.54) is 13.2 Å². The van der Waals surface area contributed by atoms with E-state index >= 15 is 0 Å². The van der Waals surface area contributed by atoms with Crippen LogP contribution in [0, 0.1) is 11.2 Å². The van der Waals surface area contributed by atoms with Gasteiger partial charge in [0, 0.05) is 16.5 Å². The van der Waals surface area contributed by atoms with Crippen LogP contribution in [0.25, 0.3) is 22.4 Å². The van der Waals surface area contributed by atoms with Crippen LogP contribution < -0.4 is 4.74 Å². The fraction of sp³-hybridized carbons (Fsp3) is 0.333. The molecule has 0 amide bonds. The van der Waals surface area contributed by atoms with Crippen LogP contribution in [0.15, 0.2) is 40.9 Å². The lowest BCUT2D eigenvalue weighted by Gasteiger charge is -2.18. The van der Waals surface area contributed by atoms with Gasteiger partial charge in [0.15, 0.2) is 17.3 Å². The topological polar surface area (TPSA) is 44.1 Å². The van der Waals surface area contributed by atoms with Gasteiger partial charge in [0.25, 0.3) is 0 Å². The van der Waals surface area contributed by atoms with Crippen LogP contribution in [-0.2, 0) is 11.3 Å². The molecule has 6 heteroatoms. The average molecular weight is 433 g/mol.